The molecule has 0 heterocycles. The maximum absolute atomic E-state index is 10.4. The van der Waals surface area contributed by atoms with Crippen LogP contribution in [0.4, 0.5) is 0 Å². The minimum atomic E-state index is -1.33. The Kier molecular flexibility index (Phi) is 7.57. The third-order valence-corrected chi connectivity index (χ3v) is 1.68. The van der Waals surface area contributed by atoms with Gasteiger partial charge in [0, 0.05) is 5.56 Å². The summed E-state index contributed by atoms with van der Waals surface area (Å²) >= 11 is 0. The Morgan fingerprint density at radius 1 is 1.07 bits per heavy atom. The van der Waals surface area contributed by atoms with Crippen molar-refractivity contribution in [3.63, 3.8) is 0 Å². The molecule has 0 saturated carbocycles. The number of carbonyl (C=O) groups is 2. The number of carbonyl (C=O) groups excluding carboxylic acids is 2. The topological polar surface area (TPSA) is 80.3 Å². The Labute approximate surface area is 111 Å². The Balaban J connectivity index is 0. The summed E-state index contributed by atoms with van der Waals surface area (Å²) in [5, 5.41) is 20.8. The van der Waals surface area contributed by atoms with E-state index in [1.54, 1.807) is 0 Å². The Bertz CT molecular complexity index is 376. The molecule has 0 aliphatic rings. The van der Waals surface area contributed by atoms with Crippen molar-refractivity contribution in [3.05, 3.63) is 34.9 Å². The fourth-order valence-electron chi connectivity index (χ4n) is 1.02. The molecular weight excluding hydrogens is 186 g/mol. The molecular formula is C9H6Li2O4. The van der Waals surface area contributed by atoms with Crippen molar-refractivity contribution in [3.8, 4) is 0 Å². The van der Waals surface area contributed by atoms with Crippen molar-refractivity contribution >= 4 is 11.9 Å². The molecule has 0 aromatic heterocycles. The van der Waals surface area contributed by atoms with Crippen LogP contribution in [0.15, 0.2) is 18.2 Å². The molecule has 6 heteroatoms. The number of benzene rings is 1. The van der Waals surface area contributed by atoms with Crippen molar-refractivity contribution in [2.24, 2.45) is 0 Å². The summed E-state index contributed by atoms with van der Waals surface area (Å²) in [6, 6.07) is 3.60. The second kappa shape index (κ2) is 6.77. The molecule has 1 aromatic carbocycles. The van der Waals surface area contributed by atoms with Crippen molar-refractivity contribution in [2.75, 3.05) is 0 Å². The van der Waals surface area contributed by atoms with Crippen LogP contribution in [0.5, 0.6) is 0 Å². The van der Waals surface area contributed by atoms with Gasteiger partial charge in [0.1, 0.15) is 0 Å². The van der Waals surface area contributed by atoms with Crippen LogP contribution in [-0.4, -0.2) is 11.9 Å². The first kappa shape index (κ1) is 16.8. The standard InChI is InChI=1S/C9H8O4.2Li/c1-5-4-6(8(10)11)2-3-7(5)9(12)13;;/h2-4H,1H3,(H,10,11)(H,12,13);;/q;2*+1/p-2. The third-order valence-electron chi connectivity index (χ3n) is 1.68. The van der Waals surface area contributed by atoms with Gasteiger partial charge in [-0.1, -0.05) is 12.1 Å². The minimum absolute atomic E-state index is 0. The van der Waals surface area contributed by atoms with E-state index in [2.05, 4.69) is 0 Å². The van der Waals surface area contributed by atoms with Crippen LogP contribution in [0.3, 0.4) is 0 Å². The number of aryl methyl sites for hydroxylation is 1. The molecule has 0 amide bonds. The van der Waals surface area contributed by atoms with E-state index in [9.17, 15) is 19.8 Å². The zero-order valence-corrected chi connectivity index (χ0v) is 8.87. The maximum atomic E-state index is 10.4. The number of aromatic carboxylic acids is 2. The number of hydrogen-bond acceptors (Lipinski definition) is 4. The summed E-state index contributed by atoms with van der Waals surface area (Å²) in [6.07, 6.45) is 0. The van der Waals surface area contributed by atoms with Gasteiger partial charge in [-0.05, 0) is 24.1 Å². The summed E-state index contributed by atoms with van der Waals surface area (Å²) in [6.45, 7) is 1.50. The van der Waals surface area contributed by atoms with E-state index >= 15 is 0 Å². The predicted molar refractivity (Wildman–Crippen MR) is 39.8 cm³/mol. The number of rotatable bonds is 2. The zero-order valence-electron chi connectivity index (χ0n) is 8.87. The van der Waals surface area contributed by atoms with Gasteiger partial charge in [0.25, 0.3) is 0 Å². The molecule has 1 aromatic rings. The van der Waals surface area contributed by atoms with Crippen molar-refractivity contribution in [1.29, 1.82) is 0 Å². The molecule has 0 radical (unpaired) electrons. The van der Waals surface area contributed by atoms with Gasteiger partial charge in [-0.25, -0.2) is 0 Å². The van der Waals surface area contributed by atoms with Crippen LogP contribution < -0.4 is 47.9 Å². The number of carboxylic acid groups (broad SMARTS) is 2. The van der Waals surface area contributed by atoms with Crippen LogP contribution in [0.2, 0.25) is 0 Å². The molecule has 15 heavy (non-hydrogen) atoms. The van der Waals surface area contributed by atoms with Gasteiger partial charge in [-0.15, -0.1) is 0 Å². The van der Waals surface area contributed by atoms with Crippen molar-refractivity contribution < 1.29 is 57.5 Å². The van der Waals surface area contributed by atoms with E-state index in [0.29, 0.717) is 5.56 Å². The first-order valence-corrected chi connectivity index (χ1v) is 3.55. The average Bonchev–Trinajstić information content (AvgIpc) is 2.03. The van der Waals surface area contributed by atoms with Gasteiger partial charge in [-0.2, -0.15) is 0 Å². The maximum Gasteiger partial charge on any atom is 1.00 e. The van der Waals surface area contributed by atoms with E-state index in [1.807, 2.05) is 0 Å². The fraction of sp³-hybridized carbons (Fsp3) is 0.111. The average molecular weight is 192 g/mol. The van der Waals surface area contributed by atoms with Gasteiger partial charge in [0.05, 0.1) is 11.9 Å². The van der Waals surface area contributed by atoms with Gasteiger partial charge in [0.15, 0.2) is 0 Å². The van der Waals surface area contributed by atoms with Crippen LogP contribution in [0.25, 0.3) is 0 Å². The molecule has 0 N–H and O–H groups in total. The second-order valence-electron chi connectivity index (χ2n) is 2.60. The largest absolute Gasteiger partial charge is 1.00 e. The van der Waals surface area contributed by atoms with E-state index in [0.717, 1.165) is 0 Å². The van der Waals surface area contributed by atoms with E-state index in [1.165, 1.54) is 25.1 Å². The Hall–Kier alpha value is -0.645. The molecule has 0 aliphatic carbocycles. The number of carboxylic acids is 2. The third kappa shape index (κ3) is 4.16. The van der Waals surface area contributed by atoms with Gasteiger partial charge >= 0.3 is 37.7 Å². The first-order valence-electron chi connectivity index (χ1n) is 3.55. The molecule has 1 rings (SSSR count). The SMILES string of the molecule is Cc1cc(C(=O)[O-])ccc1C(=O)[O-].[Li+].[Li+]. The van der Waals surface area contributed by atoms with Crippen LogP contribution in [-0.2, 0) is 0 Å². The summed E-state index contributed by atoms with van der Waals surface area (Å²) < 4.78 is 0. The smallest absolute Gasteiger partial charge is 0.545 e. The van der Waals surface area contributed by atoms with Gasteiger partial charge in [0.2, 0.25) is 0 Å². The van der Waals surface area contributed by atoms with E-state index in [-0.39, 0.29) is 48.8 Å². The molecule has 0 unspecified atom stereocenters. The quantitative estimate of drug-likeness (QED) is 0.436. The molecule has 4 nitrogen and oxygen atoms in total. The molecule has 0 aliphatic heterocycles. The van der Waals surface area contributed by atoms with Crippen molar-refractivity contribution in [2.45, 2.75) is 6.92 Å². The zero-order chi connectivity index (χ0) is 10.0. The first-order chi connectivity index (χ1) is 6.02. The molecule has 0 atom stereocenters. The minimum Gasteiger partial charge on any atom is -0.545 e. The summed E-state index contributed by atoms with van der Waals surface area (Å²) in [5.74, 6) is -2.64. The monoisotopic (exact) mass is 192 g/mol. The molecule has 0 fully saturated rings. The van der Waals surface area contributed by atoms with Crippen molar-refractivity contribution in [1.82, 2.24) is 0 Å². The summed E-state index contributed by atoms with van der Waals surface area (Å²) in [5.41, 5.74) is 0.300. The Morgan fingerprint density at radius 2 is 1.60 bits per heavy atom. The predicted octanol–water partition coefficient (Wildman–Crippen LogP) is -7.27. The summed E-state index contributed by atoms with van der Waals surface area (Å²) in [4.78, 5) is 20.8. The van der Waals surface area contributed by atoms with Gasteiger partial charge in [-0.3, -0.25) is 0 Å². The number of hydrogen-bond donors (Lipinski definition) is 0. The fourth-order valence-corrected chi connectivity index (χ4v) is 1.02. The normalized spacial score (nSPS) is 8.33. The summed E-state index contributed by atoms with van der Waals surface area (Å²) in [7, 11) is 0. The van der Waals surface area contributed by atoms with Crippen LogP contribution >= 0.6 is 0 Å². The van der Waals surface area contributed by atoms with Crippen LogP contribution in [0.1, 0.15) is 26.3 Å². The van der Waals surface area contributed by atoms with E-state index < -0.39 is 11.9 Å². The van der Waals surface area contributed by atoms with E-state index in [4.69, 9.17) is 0 Å². The molecule has 0 saturated heterocycles. The Morgan fingerprint density at radius 3 is 1.93 bits per heavy atom. The second-order valence-corrected chi connectivity index (χ2v) is 2.60. The molecule has 68 valence electrons. The van der Waals surface area contributed by atoms with Gasteiger partial charge < -0.3 is 19.8 Å². The molecule has 0 bridgehead atoms. The van der Waals surface area contributed by atoms with Crippen LogP contribution in [0, 0.1) is 6.92 Å². The molecule has 0 spiro atoms.